The molecule has 1 amide bonds. The lowest BCUT2D eigenvalue weighted by Gasteiger charge is -2.08. The van der Waals surface area contributed by atoms with Crippen LogP contribution in [-0.2, 0) is 15.3 Å². The van der Waals surface area contributed by atoms with Crippen molar-refractivity contribution in [1.29, 1.82) is 0 Å². The van der Waals surface area contributed by atoms with Crippen LogP contribution in [0.5, 0.6) is 0 Å². The molecule has 0 radical (unpaired) electrons. The van der Waals surface area contributed by atoms with Crippen LogP contribution in [-0.4, -0.2) is 24.7 Å². The SMILES string of the molecule is COC(=O)c1ccc(CSCC(=O)Nc2ccc(C)c(C)c2)cc1. The Morgan fingerprint density at radius 3 is 2.38 bits per heavy atom. The van der Waals surface area contributed by atoms with Crippen molar-refractivity contribution in [1.82, 2.24) is 0 Å². The molecule has 0 fully saturated rings. The molecule has 2 aromatic carbocycles. The summed E-state index contributed by atoms with van der Waals surface area (Å²) < 4.78 is 4.66. The van der Waals surface area contributed by atoms with E-state index in [1.165, 1.54) is 24.4 Å². The highest BCUT2D eigenvalue weighted by Gasteiger charge is 2.06. The predicted octanol–water partition coefficient (Wildman–Crippen LogP) is 3.96. The monoisotopic (exact) mass is 343 g/mol. The molecule has 0 saturated carbocycles. The Labute approximate surface area is 146 Å². The number of carbonyl (C=O) groups excluding carboxylic acids is 2. The van der Waals surface area contributed by atoms with Crippen molar-refractivity contribution in [2.45, 2.75) is 19.6 Å². The number of ether oxygens (including phenoxy) is 1. The highest BCUT2D eigenvalue weighted by atomic mass is 32.2. The lowest BCUT2D eigenvalue weighted by atomic mass is 10.1. The van der Waals surface area contributed by atoms with Crippen LogP contribution in [0.1, 0.15) is 27.0 Å². The van der Waals surface area contributed by atoms with Crippen LogP contribution in [0.15, 0.2) is 42.5 Å². The number of hydrogen-bond acceptors (Lipinski definition) is 4. The standard InChI is InChI=1S/C19H21NO3S/c1-13-4-9-17(10-14(13)2)20-18(21)12-24-11-15-5-7-16(8-6-15)19(22)23-3/h4-10H,11-12H2,1-3H3,(H,20,21). The van der Waals surface area contributed by atoms with Crippen LogP contribution >= 0.6 is 11.8 Å². The molecule has 0 atom stereocenters. The van der Waals surface area contributed by atoms with Gasteiger partial charge in [0.2, 0.25) is 5.91 Å². The lowest BCUT2D eigenvalue weighted by Crippen LogP contribution is -2.14. The number of benzene rings is 2. The molecule has 0 aromatic heterocycles. The third-order valence-electron chi connectivity index (χ3n) is 3.67. The van der Waals surface area contributed by atoms with Crippen LogP contribution < -0.4 is 5.32 Å². The molecule has 2 rings (SSSR count). The second-order valence-electron chi connectivity index (χ2n) is 5.53. The topological polar surface area (TPSA) is 55.4 Å². The molecule has 0 bridgehead atoms. The summed E-state index contributed by atoms with van der Waals surface area (Å²) in [6.45, 7) is 4.07. The van der Waals surface area contributed by atoms with E-state index in [0.29, 0.717) is 17.1 Å². The Kier molecular flexibility index (Phi) is 6.44. The van der Waals surface area contributed by atoms with E-state index in [1.54, 1.807) is 12.1 Å². The van der Waals surface area contributed by atoms with Crippen molar-refractivity contribution in [2.24, 2.45) is 0 Å². The van der Waals surface area contributed by atoms with E-state index in [-0.39, 0.29) is 11.9 Å². The van der Waals surface area contributed by atoms with Gasteiger partial charge in [0.1, 0.15) is 0 Å². The summed E-state index contributed by atoms with van der Waals surface area (Å²) in [5.74, 6) is 0.726. The molecule has 4 nitrogen and oxygen atoms in total. The second kappa shape index (κ2) is 8.55. The molecule has 2 aromatic rings. The predicted molar refractivity (Wildman–Crippen MR) is 98.5 cm³/mol. The van der Waals surface area contributed by atoms with Crippen LogP contribution in [0, 0.1) is 13.8 Å². The van der Waals surface area contributed by atoms with Gasteiger partial charge >= 0.3 is 5.97 Å². The largest absolute Gasteiger partial charge is 0.465 e. The van der Waals surface area contributed by atoms with Gasteiger partial charge in [0.25, 0.3) is 0 Å². The first-order valence-electron chi connectivity index (χ1n) is 7.61. The van der Waals surface area contributed by atoms with Gasteiger partial charge in [0, 0.05) is 11.4 Å². The molecule has 24 heavy (non-hydrogen) atoms. The van der Waals surface area contributed by atoms with Crippen molar-refractivity contribution in [3.05, 3.63) is 64.7 Å². The number of anilines is 1. The van der Waals surface area contributed by atoms with E-state index in [2.05, 4.69) is 10.1 Å². The number of carbonyl (C=O) groups is 2. The molecule has 126 valence electrons. The van der Waals surface area contributed by atoms with Gasteiger partial charge in [-0.25, -0.2) is 4.79 Å². The van der Waals surface area contributed by atoms with Crippen LogP contribution in [0.3, 0.4) is 0 Å². The summed E-state index contributed by atoms with van der Waals surface area (Å²) >= 11 is 1.53. The first-order chi connectivity index (χ1) is 11.5. The Bertz CT molecular complexity index is 726. The van der Waals surface area contributed by atoms with Gasteiger partial charge < -0.3 is 10.1 Å². The molecule has 0 spiro atoms. The number of esters is 1. The van der Waals surface area contributed by atoms with Gasteiger partial charge in [-0.15, -0.1) is 11.8 Å². The minimum Gasteiger partial charge on any atom is -0.465 e. The van der Waals surface area contributed by atoms with Crippen molar-refractivity contribution >= 4 is 29.3 Å². The summed E-state index contributed by atoms with van der Waals surface area (Å²) in [4.78, 5) is 23.4. The van der Waals surface area contributed by atoms with E-state index in [0.717, 1.165) is 16.8 Å². The summed E-state index contributed by atoms with van der Waals surface area (Å²) in [5.41, 5.74) is 4.78. The zero-order chi connectivity index (χ0) is 17.5. The molecule has 0 heterocycles. The van der Waals surface area contributed by atoms with Gasteiger partial charge in [-0.05, 0) is 54.8 Å². The normalized spacial score (nSPS) is 10.3. The smallest absolute Gasteiger partial charge is 0.337 e. The van der Waals surface area contributed by atoms with E-state index in [1.807, 2.05) is 44.2 Å². The van der Waals surface area contributed by atoms with Gasteiger partial charge in [0.15, 0.2) is 0 Å². The van der Waals surface area contributed by atoms with Gasteiger partial charge in [0.05, 0.1) is 18.4 Å². The number of hydrogen-bond donors (Lipinski definition) is 1. The zero-order valence-corrected chi connectivity index (χ0v) is 14.9. The van der Waals surface area contributed by atoms with Crippen molar-refractivity contribution in [3.8, 4) is 0 Å². The number of amides is 1. The molecular weight excluding hydrogens is 322 g/mol. The Balaban J connectivity index is 1.79. The molecule has 0 aliphatic heterocycles. The van der Waals surface area contributed by atoms with Crippen molar-refractivity contribution in [3.63, 3.8) is 0 Å². The fourth-order valence-corrected chi connectivity index (χ4v) is 2.92. The highest BCUT2D eigenvalue weighted by Crippen LogP contribution is 2.16. The van der Waals surface area contributed by atoms with E-state index >= 15 is 0 Å². The molecule has 0 aliphatic carbocycles. The lowest BCUT2D eigenvalue weighted by molar-refractivity contribution is -0.113. The van der Waals surface area contributed by atoms with Crippen LogP contribution in [0.25, 0.3) is 0 Å². The number of methoxy groups -OCH3 is 1. The Morgan fingerprint density at radius 1 is 1.04 bits per heavy atom. The van der Waals surface area contributed by atoms with Crippen LogP contribution in [0.4, 0.5) is 5.69 Å². The first-order valence-corrected chi connectivity index (χ1v) is 8.77. The van der Waals surface area contributed by atoms with Crippen molar-refractivity contribution in [2.75, 3.05) is 18.2 Å². The Morgan fingerprint density at radius 2 is 1.75 bits per heavy atom. The summed E-state index contributed by atoms with van der Waals surface area (Å²) in [6, 6.07) is 13.1. The van der Waals surface area contributed by atoms with Gasteiger partial charge in [-0.3, -0.25) is 4.79 Å². The number of thioether (sulfide) groups is 1. The second-order valence-corrected chi connectivity index (χ2v) is 6.51. The zero-order valence-electron chi connectivity index (χ0n) is 14.1. The molecule has 1 N–H and O–H groups in total. The third kappa shape index (κ3) is 5.13. The summed E-state index contributed by atoms with van der Waals surface area (Å²) in [6.07, 6.45) is 0. The van der Waals surface area contributed by atoms with E-state index < -0.39 is 0 Å². The minimum absolute atomic E-state index is 0.0190. The van der Waals surface area contributed by atoms with Crippen LogP contribution in [0.2, 0.25) is 0 Å². The molecule has 5 heteroatoms. The van der Waals surface area contributed by atoms with Gasteiger partial charge in [-0.1, -0.05) is 18.2 Å². The molecule has 0 saturated heterocycles. The van der Waals surface area contributed by atoms with E-state index in [9.17, 15) is 9.59 Å². The summed E-state index contributed by atoms with van der Waals surface area (Å²) in [7, 11) is 1.36. The number of aryl methyl sites for hydroxylation is 2. The number of nitrogens with one attached hydrogen (secondary N) is 1. The highest BCUT2D eigenvalue weighted by molar-refractivity contribution is 7.99. The van der Waals surface area contributed by atoms with Gasteiger partial charge in [-0.2, -0.15) is 0 Å². The first kappa shape index (κ1) is 18.1. The minimum atomic E-state index is -0.345. The average molecular weight is 343 g/mol. The Hall–Kier alpha value is -2.27. The van der Waals surface area contributed by atoms with E-state index in [4.69, 9.17) is 0 Å². The quantitative estimate of drug-likeness (QED) is 0.807. The fraction of sp³-hybridized carbons (Fsp3) is 0.263. The van der Waals surface area contributed by atoms with Crippen molar-refractivity contribution < 1.29 is 14.3 Å². The summed E-state index contributed by atoms with van der Waals surface area (Å²) in [5, 5.41) is 2.91. The number of rotatable bonds is 6. The maximum Gasteiger partial charge on any atom is 0.337 e. The molecule has 0 unspecified atom stereocenters. The third-order valence-corrected chi connectivity index (χ3v) is 4.67. The maximum absolute atomic E-state index is 12.0. The molecule has 0 aliphatic rings. The average Bonchev–Trinajstić information content (AvgIpc) is 2.58. The fourth-order valence-electron chi connectivity index (χ4n) is 2.13. The molecular formula is C19H21NO3S. The maximum atomic E-state index is 12.0.